The van der Waals surface area contributed by atoms with Gasteiger partial charge >= 0.3 is 0 Å². The van der Waals surface area contributed by atoms with E-state index in [0.29, 0.717) is 28.7 Å². The number of halogens is 2. The van der Waals surface area contributed by atoms with E-state index in [4.69, 9.17) is 23.2 Å². The highest BCUT2D eigenvalue weighted by molar-refractivity contribution is 7.92. The van der Waals surface area contributed by atoms with Crippen molar-refractivity contribution in [2.75, 3.05) is 23.6 Å². The summed E-state index contributed by atoms with van der Waals surface area (Å²) in [4.78, 5) is 0. The number of sulfonamides is 1. The second-order valence-corrected chi connectivity index (χ2v) is 6.41. The molecule has 1 aromatic rings. The highest BCUT2D eigenvalue weighted by Crippen LogP contribution is 2.25. The number of anilines is 1. The molecule has 102 valence electrons. The molecular formula is C11H16Cl2N2O2S. The molecule has 0 amide bonds. The van der Waals surface area contributed by atoms with Gasteiger partial charge in [0.05, 0.1) is 21.5 Å². The smallest absolute Gasteiger partial charge is 0.232 e. The molecule has 0 bridgehead atoms. The summed E-state index contributed by atoms with van der Waals surface area (Å²) in [5, 5.41) is 3.79. The molecule has 0 aromatic heterocycles. The lowest BCUT2D eigenvalue weighted by Gasteiger charge is -2.08. The predicted molar refractivity (Wildman–Crippen MR) is 77.0 cm³/mol. The summed E-state index contributed by atoms with van der Waals surface area (Å²) in [5.41, 5.74) is 0.424. The maximum Gasteiger partial charge on any atom is 0.232 e. The van der Waals surface area contributed by atoms with E-state index >= 15 is 0 Å². The van der Waals surface area contributed by atoms with E-state index in [0.717, 1.165) is 6.54 Å². The number of benzene rings is 1. The molecular weight excluding hydrogens is 295 g/mol. The average Bonchev–Trinajstić information content (AvgIpc) is 2.29. The van der Waals surface area contributed by atoms with Crippen LogP contribution in [0.4, 0.5) is 5.69 Å². The van der Waals surface area contributed by atoms with E-state index in [9.17, 15) is 8.42 Å². The Morgan fingerprint density at radius 3 is 2.56 bits per heavy atom. The van der Waals surface area contributed by atoms with Crippen LogP contribution in [0.1, 0.15) is 13.3 Å². The van der Waals surface area contributed by atoms with Gasteiger partial charge in [-0.15, -0.1) is 0 Å². The quantitative estimate of drug-likeness (QED) is 0.761. The molecule has 0 saturated carbocycles. The van der Waals surface area contributed by atoms with Gasteiger partial charge in [0.2, 0.25) is 10.0 Å². The topological polar surface area (TPSA) is 58.2 Å². The summed E-state index contributed by atoms with van der Waals surface area (Å²) in [5.74, 6) is 0.0697. The van der Waals surface area contributed by atoms with Crippen molar-refractivity contribution in [2.24, 2.45) is 0 Å². The molecule has 0 aliphatic heterocycles. The molecule has 0 aliphatic rings. The first-order valence-electron chi connectivity index (χ1n) is 5.61. The zero-order chi connectivity index (χ0) is 13.6. The van der Waals surface area contributed by atoms with Gasteiger partial charge in [-0.2, -0.15) is 0 Å². The first-order chi connectivity index (χ1) is 8.44. The maximum atomic E-state index is 11.7. The third-order valence-electron chi connectivity index (χ3n) is 2.21. The lowest BCUT2D eigenvalue weighted by atomic mass is 10.3. The minimum absolute atomic E-state index is 0.0697. The second-order valence-electron chi connectivity index (χ2n) is 3.76. The van der Waals surface area contributed by atoms with Crippen molar-refractivity contribution >= 4 is 38.9 Å². The lowest BCUT2D eigenvalue weighted by Crippen LogP contribution is -2.21. The van der Waals surface area contributed by atoms with Gasteiger partial charge in [0.1, 0.15) is 0 Å². The van der Waals surface area contributed by atoms with Crippen LogP contribution in [-0.2, 0) is 10.0 Å². The van der Waals surface area contributed by atoms with Crippen molar-refractivity contribution in [2.45, 2.75) is 13.3 Å². The zero-order valence-electron chi connectivity index (χ0n) is 10.0. The highest BCUT2D eigenvalue weighted by Gasteiger charge is 2.10. The lowest BCUT2D eigenvalue weighted by molar-refractivity contribution is 0.595. The van der Waals surface area contributed by atoms with E-state index in [1.807, 2.05) is 6.92 Å². The largest absolute Gasteiger partial charge is 0.317 e. The number of hydrogen-bond donors (Lipinski definition) is 2. The molecule has 4 nitrogen and oxygen atoms in total. The molecule has 0 heterocycles. The molecule has 0 radical (unpaired) electrons. The molecule has 1 rings (SSSR count). The predicted octanol–water partition coefficient (Wildman–Crippen LogP) is 2.73. The van der Waals surface area contributed by atoms with Crippen molar-refractivity contribution in [1.29, 1.82) is 0 Å². The molecule has 2 N–H and O–H groups in total. The van der Waals surface area contributed by atoms with Crippen LogP contribution in [0.25, 0.3) is 0 Å². The van der Waals surface area contributed by atoms with E-state index in [-0.39, 0.29) is 5.75 Å². The Kier molecular flexibility index (Phi) is 6.21. The SMILES string of the molecule is CCNCCCS(=O)(=O)Nc1ccc(Cl)c(Cl)c1. The van der Waals surface area contributed by atoms with Crippen molar-refractivity contribution in [1.82, 2.24) is 5.32 Å². The maximum absolute atomic E-state index is 11.7. The molecule has 0 spiro atoms. The summed E-state index contributed by atoms with van der Waals surface area (Å²) in [6.45, 7) is 3.49. The van der Waals surface area contributed by atoms with Gasteiger partial charge < -0.3 is 5.32 Å². The Labute approximate surface area is 118 Å². The Morgan fingerprint density at radius 1 is 1.22 bits per heavy atom. The Morgan fingerprint density at radius 2 is 1.94 bits per heavy atom. The van der Waals surface area contributed by atoms with Gasteiger partial charge in [-0.1, -0.05) is 30.1 Å². The molecule has 7 heteroatoms. The number of nitrogens with one attached hydrogen (secondary N) is 2. The minimum Gasteiger partial charge on any atom is -0.317 e. The van der Waals surface area contributed by atoms with Crippen molar-refractivity contribution in [3.63, 3.8) is 0 Å². The third kappa shape index (κ3) is 5.44. The van der Waals surface area contributed by atoms with E-state index in [1.54, 1.807) is 12.1 Å². The first kappa shape index (κ1) is 15.6. The fourth-order valence-electron chi connectivity index (χ4n) is 1.35. The first-order valence-corrected chi connectivity index (χ1v) is 8.01. The van der Waals surface area contributed by atoms with E-state index < -0.39 is 10.0 Å². The van der Waals surface area contributed by atoms with Crippen LogP contribution < -0.4 is 10.0 Å². The highest BCUT2D eigenvalue weighted by atomic mass is 35.5. The summed E-state index contributed by atoms with van der Waals surface area (Å²) in [6, 6.07) is 4.63. The van der Waals surface area contributed by atoms with Crippen LogP contribution in [0.2, 0.25) is 10.0 Å². The fourth-order valence-corrected chi connectivity index (χ4v) is 2.76. The molecule has 0 saturated heterocycles. The molecule has 0 aliphatic carbocycles. The van der Waals surface area contributed by atoms with Gasteiger partial charge in [-0.25, -0.2) is 8.42 Å². The van der Waals surface area contributed by atoms with Crippen LogP contribution in [0.15, 0.2) is 18.2 Å². The minimum atomic E-state index is -3.34. The normalized spacial score (nSPS) is 11.5. The van der Waals surface area contributed by atoms with Crippen LogP contribution in [0.3, 0.4) is 0 Å². The number of rotatable bonds is 7. The fraction of sp³-hybridized carbons (Fsp3) is 0.455. The van der Waals surface area contributed by atoms with Crippen LogP contribution in [0, 0.1) is 0 Å². The van der Waals surface area contributed by atoms with Gasteiger partial charge in [0, 0.05) is 0 Å². The van der Waals surface area contributed by atoms with Gasteiger partial charge in [0.25, 0.3) is 0 Å². The van der Waals surface area contributed by atoms with Crippen LogP contribution >= 0.6 is 23.2 Å². The number of hydrogen-bond acceptors (Lipinski definition) is 3. The van der Waals surface area contributed by atoms with Crippen LogP contribution in [-0.4, -0.2) is 27.3 Å². The van der Waals surface area contributed by atoms with Crippen LogP contribution in [0.5, 0.6) is 0 Å². The monoisotopic (exact) mass is 310 g/mol. The summed E-state index contributed by atoms with van der Waals surface area (Å²) >= 11 is 11.6. The summed E-state index contributed by atoms with van der Waals surface area (Å²) < 4.78 is 26.0. The molecule has 0 unspecified atom stereocenters. The van der Waals surface area contributed by atoms with E-state index in [2.05, 4.69) is 10.0 Å². The van der Waals surface area contributed by atoms with Crippen molar-refractivity contribution in [3.8, 4) is 0 Å². The Bertz CT molecular complexity index is 492. The van der Waals surface area contributed by atoms with Crippen molar-refractivity contribution < 1.29 is 8.42 Å². The molecule has 1 aromatic carbocycles. The zero-order valence-corrected chi connectivity index (χ0v) is 12.4. The second kappa shape index (κ2) is 7.19. The van der Waals surface area contributed by atoms with Gasteiger partial charge in [0.15, 0.2) is 0 Å². The Balaban J connectivity index is 2.56. The molecule has 0 fully saturated rings. The summed E-state index contributed by atoms with van der Waals surface area (Å²) in [7, 11) is -3.34. The molecule has 18 heavy (non-hydrogen) atoms. The van der Waals surface area contributed by atoms with Crippen molar-refractivity contribution in [3.05, 3.63) is 28.2 Å². The average molecular weight is 311 g/mol. The molecule has 0 atom stereocenters. The third-order valence-corrected chi connectivity index (χ3v) is 4.32. The van der Waals surface area contributed by atoms with Gasteiger partial charge in [-0.05, 0) is 37.7 Å². The van der Waals surface area contributed by atoms with E-state index in [1.165, 1.54) is 6.07 Å². The van der Waals surface area contributed by atoms with Gasteiger partial charge in [-0.3, -0.25) is 4.72 Å². The standard InChI is InChI=1S/C11H16Cl2N2O2S/c1-2-14-6-3-7-18(16,17)15-9-4-5-10(12)11(13)8-9/h4-5,8,14-15H,2-3,6-7H2,1H3. The summed E-state index contributed by atoms with van der Waals surface area (Å²) in [6.07, 6.45) is 0.560. The Hall–Kier alpha value is -0.490.